The zero-order valence-electron chi connectivity index (χ0n) is 15.7. The molecule has 2 atom stereocenters. The van der Waals surface area contributed by atoms with Crippen LogP contribution in [-0.4, -0.2) is 56.0 Å². The van der Waals surface area contributed by atoms with Crippen molar-refractivity contribution in [2.45, 2.75) is 18.9 Å². The van der Waals surface area contributed by atoms with Gasteiger partial charge in [-0.1, -0.05) is 30.3 Å². The average molecular weight is 394 g/mol. The summed E-state index contributed by atoms with van der Waals surface area (Å²) in [5.74, 6) is -0.644. The number of hydrogen-bond acceptors (Lipinski definition) is 5. The molecule has 0 radical (unpaired) electrons. The number of nitrogens with zero attached hydrogens (tertiary/aromatic N) is 4. The molecule has 0 aliphatic carbocycles. The fourth-order valence-corrected chi connectivity index (χ4v) is 3.50. The molecule has 148 valence electrons. The molecule has 0 saturated carbocycles. The Morgan fingerprint density at radius 3 is 2.69 bits per heavy atom. The normalized spacial score (nSPS) is 18.6. The molecule has 1 aliphatic rings. The molecule has 3 heterocycles. The smallest absolute Gasteiger partial charge is 0.275 e. The average Bonchev–Trinajstić information content (AvgIpc) is 3.35. The van der Waals surface area contributed by atoms with Gasteiger partial charge in [-0.3, -0.25) is 14.7 Å². The number of hydrogen-bond donors (Lipinski definition) is 2. The Kier molecular flexibility index (Phi) is 5.03. The van der Waals surface area contributed by atoms with Crippen molar-refractivity contribution in [3.8, 4) is 11.4 Å². The third-order valence-electron chi connectivity index (χ3n) is 4.84. The third-order valence-corrected chi connectivity index (χ3v) is 4.84. The first kappa shape index (κ1) is 18.7. The van der Waals surface area contributed by atoms with Gasteiger partial charge in [0.25, 0.3) is 5.91 Å². The molecule has 1 saturated heterocycles. The zero-order chi connectivity index (χ0) is 20.4. The molecule has 2 N–H and O–H groups in total. The van der Waals surface area contributed by atoms with Gasteiger partial charge in [0, 0.05) is 31.8 Å². The van der Waals surface area contributed by atoms with E-state index in [-0.39, 0.29) is 36.7 Å². The first-order valence-corrected chi connectivity index (χ1v) is 9.17. The first-order chi connectivity index (χ1) is 14.0. The molecule has 1 aliphatic heterocycles. The van der Waals surface area contributed by atoms with Crippen molar-refractivity contribution < 1.29 is 14.0 Å². The molecule has 2 amide bonds. The number of amides is 2. The van der Waals surface area contributed by atoms with Crippen LogP contribution in [0.2, 0.25) is 0 Å². The molecule has 2 aromatic heterocycles. The Morgan fingerprint density at radius 2 is 1.97 bits per heavy atom. The molecule has 0 bridgehead atoms. The van der Waals surface area contributed by atoms with Crippen molar-refractivity contribution in [2.75, 3.05) is 13.1 Å². The predicted molar refractivity (Wildman–Crippen MR) is 102 cm³/mol. The van der Waals surface area contributed by atoms with E-state index in [2.05, 4.69) is 25.5 Å². The Balaban J connectivity index is 1.60. The molecule has 4 rings (SSSR count). The molecule has 0 spiro atoms. The molecule has 8 nitrogen and oxygen atoms in total. The second-order valence-corrected chi connectivity index (χ2v) is 6.87. The molecular formula is C20H19FN6O2. The Labute approximate surface area is 166 Å². The predicted octanol–water partition coefficient (Wildman–Crippen LogP) is 1.75. The quantitative estimate of drug-likeness (QED) is 0.702. The monoisotopic (exact) mass is 394 g/mol. The fraction of sp³-hybridized carbons (Fsp3) is 0.250. The van der Waals surface area contributed by atoms with Gasteiger partial charge >= 0.3 is 0 Å². The van der Waals surface area contributed by atoms with Crippen molar-refractivity contribution in [3.63, 3.8) is 0 Å². The summed E-state index contributed by atoms with van der Waals surface area (Å²) < 4.78 is 14.0. The Bertz CT molecular complexity index is 1040. The van der Waals surface area contributed by atoms with E-state index in [9.17, 15) is 14.0 Å². The molecule has 9 heteroatoms. The highest BCUT2D eigenvalue weighted by atomic mass is 19.1. The highest BCUT2D eigenvalue weighted by Gasteiger charge is 2.39. The van der Waals surface area contributed by atoms with Crippen molar-refractivity contribution in [1.82, 2.24) is 30.4 Å². The van der Waals surface area contributed by atoms with Crippen LogP contribution in [0.25, 0.3) is 11.4 Å². The van der Waals surface area contributed by atoms with E-state index in [0.29, 0.717) is 11.6 Å². The highest BCUT2D eigenvalue weighted by Crippen LogP contribution is 2.28. The van der Waals surface area contributed by atoms with Crippen LogP contribution in [-0.2, 0) is 4.79 Å². The minimum Gasteiger partial charge on any atom is -0.351 e. The number of benzene rings is 1. The third kappa shape index (κ3) is 3.84. The lowest BCUT2D eigenvalue weighted by Gasteiger charge is -2.16. The van der Waals surface area contributed by atoms with E-state index in [4.69, 9.17) is 0 Å². The maximum absolute atomic E-state index is 14.0. The van der Waals surface area contributed by atoms with E-state index in [1.165, 1.54) is 30.2 Å². The maximum Gasteiger partial charge on any atom is 0.275 e. The Morgan fingerprint density at radius 1 is 1.17 bits per heavy atom. The van der Waals surface area contributed by atoms with Gasteiger partial charge in [-0.25, -0.2) is 14.4 Å². The van der Waals surface area contributed by atoms with Crippen LogP contribution in [0.3, 0.4) is 0 Å². The first-order valence-electron chi connectivity index (χ1n) is 9.17. The molecule has 1 fully saturated rings. The number of likely N-dealkylation sites (tertiary alicyclic amines) is 1. The lowest BCUT2D eigenvalue weighted by Crippen LogP contribution is -2.39. The van der Waals surface area contributed by atoms with Gasteiger partial charge in [-0.15, -0.1) is 0 Å². The van der Waals surface area contributed by atoms with Crippen LogP contribution in [0.4, 0.5) is 4.39 Å². The molecule has 3 aromatic rings. The van der Waals surface area contributed by atoms with E-state index in [1.54, 1.807) is 0 Å². The van der Waals surface area contributed by atoms with Gasteiger partial charge in [-0.05, 0) is 12.1 Å². The van der Waals surface area contributed by atoms with Crippen LogP contribution in [0, 0.1) is 5.82 Å². The number of H-pyrrole nitrogens is 1. The lowest BCUT2D eigenvalue weighted by molar-refractivity contribution is -0.119. The van der Waals surface area contributed by atoms with E-state index >= 15 is 0 Å². The number of nitrogens with one attached hydrogen (secondary N) is 2. The minimum atomic E-state index is -0.678. The van der Waals surface area contributed by atoms with Gasteiger partial charge in [0.1, 0.15) is 5.82 Å². The van der Waals surface area contributed by atoms with Gasteiger partial charge in [0.15, 0.2) is 17.3 Å². The van der Waals surface area contributed by atoms with Crippen molar-refractivity contribution in [3.05, 3.63) is 66.0 Å². The number of pyridine rings is 1. The van der Waals surface area contributed by atoms with Crippen LogP contribution in [0.5, 0.6) is 0 Å². The second-order valence-electron chi connectivity index (χ2n) is 6.87. The minimum absolute atomic E-state index is 0.221. The lowest BCUT2D eigenvalue weighted by atomic mass is 10.0. The van der Waals surface area contributed by atoms with E-state index in [0.717, 1.165) is 5.56 Å². The standard InChI is InChI=1S/C20H19FN6O2/c1-12(28)23-16-11-27(20(29)17-15(21)8-5-9-22-17)10-14(16)19-24-18(25-26-19)13-6-3-2-4-7-13/h2-9,14,16H,10-11H2,1H3,(H,23,28)(H,24,25,26)/t14-,16-/m1/s1. The summed E-state index contributed by atoms with van der Waals surface area (Å²) in [7, 11) is 0. The molecule has 1 aromatic carbocycles. The van der Waals surface area contributed by atoms with Crippen molar-refractivity contribution >= 4 is 11.8 Å². The number of carbonyl (C=O) groups excluding carboxylic acids is 2. The van der Waals surface area contributed by atoms with Crippen LogP contribution < -0.4 is 5.32 Å². The number of carbonyl (C=O) groups is 2. The van der Waals surface area contributed by atoms with Gasteiger partial charge in [0.2, 0.25) is 5.91 Å². The summed E-state index contributed by atoms with van der Waals surface area (Å²) in [5.41, 5.74) is 0.616. The summed E-state index contributed by atoms with van der Waals surface area (Å²) in [4.78, 5) is 34.3. The molecular weight excluding hydrogens is 375 g/mol. The summed E-state index contributed by atoms with van der Waals surface area (Å²) in [6.45, 7) is 1.89. The SMILES string of the molecule is CC(=O)N[C@@H]1CN(C(=O)c2ncccc2F)C[C@H]1c1nc(-c2ccccc2)n[nH]1. The summed E-state index contributed by atoms with van der Waals surface area (Å²) in [5, 5.41) is 10.0. The second kappa shape index (κ2) is 7.78. The van der Waals surface area contributed by atoms with Gasteiger partial charge in [0.05, 0.1) is 12.0 Å². The maximum atomic E-state index is 14.0. The summed E-state index contributed by atoms with van der Waals surface area (Å²) >= 11 is 0. The van der Waals surface area contributed by atoms with Gasteiger partial charge < -0.3 is 10.2 Å². The van der Waals surface area contributed by atoms with Crippen LogP contribution >= 0.6 is 0 Å². The largest absolute Gasteiger partial charge is 0.351 e. The summed E-state index contributed by atoms with van der Waals surface area (Å²) in [6, 6.07) is 11.7. The number of halogens is 1. The number of aromatic nitrogens is 4. The van der Waals surface area contributed by atoms with Gasteiger partial charge in [-0.2, -0.15) is 5.10 Å². The molecule has 0 unspecified atom stereocenters. The Hall–Kier alpha value is -3.62. The zero-order valence-corrected chi connectivity index (χ0v) is 15.7. The van der Waals surface area contributed by atoms with Crippen LogP contribution in [0.1, 0.15) is 29.2 Å². The fourth-order valence-electron chi connectivity index (χ4n) is 3.50. The van der Waals surface area contributed by atoms with Crippen LogP contribution in [0.15, 0.2) is 48.7 Å². The molecule has 29 heavy (non-hydrogen) atoms. The summed E-state index contributed by atoms with van der Waals surface area (Å²) in [6.07, 6.45) is 1.37. The number of rotatable bonds is 4. The van der Waals surface area contributed by atoms with Crippen molar-refractivity contribution in [2.24, 2.45) is 0 Å². The number of aromatic amines is 1. The highest BCUT2D eigenvalue weighted by molar-refractivity contribution is 5.93. The van der Waals surface area contributed by atoms with E-state index in [1.807, 2.05) is 30.3 Å². The topological polar surface area (TPSA) is 104 Å². The van der Waals surface area contributed by atoms with Crippen molar-refractivity contribution in [1.29, 1.82) is 0 Å². The van der Waals surface area contributed by atoms with E-state index < -0.39 is 11.7 Å².